The number of amides is 3. The molecule has 6 heteroatoms. The molecule has 0 radical (unpaired) electrons. The quantitative estimate of drug-likeness (QED) is 0.790. The molecular weight excluding hydrogens is 266 g/mol. The zero-order valence-electron chi connectivity index (χ0n) is 11.2. The molecule has 0 saturated heterocycles. The molecule has 1 unspecified atom stereocenters. The van der Waals surface area contributed by atoms with Gasteiger partial charge in [0.25, 0.3) is 0 Å². The zero-order chi connectivity index (χ0) is 14.4. The lowest BCUT2D eigenvalue weighted by molar-refractivity contribution is -0.121. The van der Waals surface area contributed by atoms with Crippen molar-refractivity contribution >= 4 is 23.5 Å². The topological polar surface area (TPSA) is 70.2 Å². The number of nitrogens with one attached hydrogen (secondary N) is 3. The molecule has 1 aromatic rings. The van der Waals surface area contributed by atoms with Gasteiger partial charge < -0.3 is 5.32 Å². The van der Waals surface area contributed by atoms with Gasteiger partial charge in [-0.05, 0) is 31.5 Å². The highest BCUT2D eigenvalue weighted by molar-refractivity contribution is 6.30. The maximum atomic E-state index is 11.7. The van der Waals surface area contributed by atoms with E-state index in [2.05, 4.69) is 16.0 Å². The fourth-order valence-electron chi connectivity index (χ4n) is 1.58. The van der Waals surface area contributed by atoms with Crippen LogP contribution < -0.4 is 16.0 Å². The summed E-state index contributed by atoms with van der Waals surface area (Å²) in [5.41, 5.74) is 1.02. The SMILES string of the molecule is CNC(=O)NC(=O)C(C)N[C@@H](C)c1ccc(Cl)cc1. The molecule has 19 heavy (non-hydrogen) atoms. The molecule has 5 nitrogen and oxygen atoms in total. The second-order valence-corrected chi connectivity index (χ2v) is 4.67. The summed E-state index contributed by atoms with van der Waals surface area (Å²) in [6, 6.07) is 6.35. The molecule has 0 spiro atoms. The lowest BCUT2D eigenvalue weighted by Crippen LogP contribution is -2.47. The molecule has 1 aromatic carbocycles. The minimum atomic E-state index is -0.516. The first-order chi connectivity index (χ1) is 8.93. The summed E-state index contributed by atoms with van der Waals surface area (Å²) in [5.74, 6) is -0.375. The fourth-order valence-corrected chi connectivity index (χ4v) is 1.71. The maximum Gasteiger partial charge on any atom is 0.321 e. The molecule has 0 saturated carbocycles. The third-order valence-corrected chi connectivity index (χ3v) is 2.98. The normalized spacial score (nSPS) is 13.5. The monoisotopic (exact) mass is 283 g/mol. The van der Waals surface area contributed by atoms with E-state index in [0.29, 0.717) is 5.02 Å². The summed E-state index contributed by atoms with van der Waals surface area (Å²) in [6.07, 6.45) is 0. The van der Waals surface area contributed by atoms with Crippen molar-refractivity contribution < 1.29 is 9.59 Å². The lowest BCUT2D eigenvalue weighted by Gasteiger charge is -2.19. The van der Waals surface area contributed by atoms with Crippen LogP contribution in [0.15, 0.2) is 24.3 Å². The van der Waals surface area contributed by atoms with Gasteiger partial charge in [0.15, 0.2) is 0 Å². The second kappa shape index (κ2) is 7.11. The van der Waals surface area contributed by atoms with E-state index in [4.69, 9.17) is 11.6 Å². The van der Waals surface area contributed by atoms with E-state index in [1.54, 1.807) is 19.1 Å². The average molecular weight is 284 g/mol. The Labute approximate surface area is 117 Å². The highest BCUT2D eigenvalue weighted by Gasteiger charge is 2.17. The molecule has 3 amide bonds. The third-order valence-electron chi connectivity index (χ3n) is 2.73. The predicted octanol–water partition coefficient (Wildman–Crippen LogP) is 1.83. The van der Waals surface area contributed by atoms with E-state index < -0.39 is 12.1 Å². The Hall–Kier alpha value is -1.59. The highest BCUT2D eigenvalue weighted by Crippen LogP contribution is 2.16. The maximum absolute atomic E-state index is 11.7. The van der Waals surface area contributed by atoms with Crippen LogP contribution in [0.3, 0.4) is 0 Å². The molecule has 0 fully saturated rings. The molecule has 0 aliphatic carbocycles. The van der Waals surface area contributed by atoms with Crippen molar-refractivity contribution in [2.24, 2.45) is 0 Å². The molecule has 0 aromatic heterocycles. The molecule has 2 atom stereocenters. The molecule has 0 aliphatic heterocycles. The number of carbonyl (C=O) groups excluding carboxylic acids is 2. The average Bonchev–Trinajstić information content (AvgIpc) is 2.38. The molecular formula is C13H18ClN3O2. The molecule has 104 valence electrons. The van der Waals surface area contributed by atoms with Gasteiger partial charge in [0.2, 0.25) is 5.91 Å². The Morgan fingerprint density at radius 3 is 2.26 bits per heavy atom. The first-order valence-corrected chi connectivity index (χ1v) is 6.36. The molecule has 0 bridgehead atoms. The van der Waals surface area contributed by atoms with Crippen LogP contribution in [0.1, 0.15) is 25.5 Å². The summed E-state index contributed by atoms with van der Waals surface area (Å²) in [6.45, 7) is 3.64. The lowest BCUT2D eigenvalue weighted by atomic mass is 10.1. The Bertz CT molecular complexity index is 448. The zero-order valence-corrected chi connectivity index (χ0v) is 11.9. The summed E-state index contributed by atoms with van der Waals surface area (Å²) in [7, 11) is 1.46. The van der Waals surface area contributed by atoms with Crippen LogP contribution in [-0.4, -0.2) is 25.0 Å². The van der Waals surface area contributed by atoms with Crippen molar-refractivity contribution in [2.75, 3.05) is 7.05 Å². The van der Waals surface area contributed by atoms with E-state index in [9.17, 15) is 9.59 Å². The Morgan fingerprint density at radius 2 is 1.74 bits per heavy atom. The smallest absolute Gasteiger partial charge is 0.321 e. The van der Waals surface area contributed by atoms with Crippen LogP contribution >= 0.6 is 11.6 Å². The predicted molar refractivity (Wildman–Crippen MR) is 75.1 cm³/mol. The van der Waals surface area contributed by atoms with Crippen molar-refractivity contribution in [3.63, 3.8) is 0 Å². The fraction of sp³-hybridized carbons (Fsp3) is 0.385. The highest BCUT2D eigenvalue weighted by atomic mass is 35.5. The number of hydrogen-bond donors (Lipinski definition) is 3. The number of rotatable bonds is 4. The van der Waals surface area contributed by atoms with Gasteiger partial charge in [0, 0.05) is 18.1 Å². The van der Waals surface area contributed by atoms with E-state index >= 15 is 0 Å². The number of imide groups is 1. The van der Waals surface area contributed by atoms with E-state index in [1.165, 1.54) is 7.05 Å². The third kappa shape index (κ3) is 4.89. The van der Waals surface area contributed by atoms with Crippen LogP contribution in [-0.2, 0) is 4.79 Å². The number of urea groups is 1. The summed E-state index contributed by atoms with van der Waals surface area (Å²) in [5, 5.41) is 8.33. The Morgan fingerprint density at radius 1 is 1.16 bits per heavy atom. The molecule has 3 N–H and O–H groups in total. The van der Waals surface area contributed by atoms with Gasteiger partial charge in [-0.1, -0.05) is 23.7 Å². The van der Waals surface area contributed by atoms with Crippen molar-refractivity contribution in [2.45, 2.75) is 25.9 Å². The van der Waals surface area contributed by atoms with Crippen LogP contribution in [0, 0.1) is 0 Å². The molecule has 0 aliphatic rings. The minimum Gasteiger partial charge on any atom is -0.341 e. The van der Waals surface area contributed by atoms with Crippen molar-refractivity contribution in [3.05, 3.63) is 34.9 Å². The second-order valence-electron chi connectivity index (χ2n) is 4.23. The van der Waals surface area contributed by atoms with Crippen LogP contribution in [0.5, 0.6) is 0 Å². The van der Waals surface area contributed by atoms with Crippen molar-refractivity contribution in [1.29, 1.82) is 0 Å². The van der Waals surface area contributed by atoms with Crippen molar-refractivity contribution in [1.82, 2.24) is 16.0 Å². The number of halogens is 1. The largest absolute Gasteiger partial charge is 0.341 e. The number of carbonyl (C=O) groups is 2. The Balaban J connectivity index is 2.56. The first kappa shape index (κ1) is 15.5. The molecule has 0 heterocycles. The van der Waals surface area contributed by atoms with Gasteiger partial charge in [0.1, 0.15) is 0 Å². The summed E-state index contributed by atoms with van der Waals surface area (Å²) < 4.78 is 0. The first-order valence-electron chi connectivity index (χ1n) is 5.98. The van der Waals surface area contributed by atoms with Gasteiger partial charge in [0.05, 0.1) is 6.04 Å². The standard InChI is InChI=1S/C13H18ClN3O2/c1-8(10-4-6-11(14)7-5-10)16-9(2)12(18)17-13(19)15-3/h4-9,16H,1-3H3,(H2,15,17,18,19)/t8-,9?/m0/s1. The van der Waals surface area contributed by atoms with Gasteiger partial charge in [-0.3, -0.25) is 15.4 Å². The van der Waals surface area contributed by atoms with Gasteiger partial charge in [-0.15, -0.1) is 0 Å². The van der Waals surface area contributed by atoms with Crippen molar-refractivity contribution in [3.8, 4) is 0 Å². The number of benzene rings is 1. The van der Waals surface area contributed by atoms with Crippen LogP contribution in [0.25, 0.3) is 0 Å². The summed E-state index contributed by atoms with van der Waals surface area (Å²) in [4.78, 5) is 22.7. The van der Waals surface area contributed by atoms with Gasteiger partial charge >= 0.3 is 6.03 Å². The van der Waals surface area contributed by atoms with E-state index in [1.807, 2.05) is 19.1 Å². The van der Waals surface area contributed by atoms with E-state index in [0.717, 1.165) is 5.56 Å². The van der Waals surface area contributed by atoms with Gasteiger partial charge in [-0.2, -0.15) is 0 Å². The van der Waals surface area contributed by atoms with E-state index in [-0.39, 0.29) is 11.9 Å². The van der Waals surface area contributed by atoms with Crippen LogP contribution in [0.2, 0.25) is 5.02 Å². The van der Waals surface area contributed by atoms with Crippen LogP contribution in [0.4, 0.5) is 4.79 Å². The molecule has 1 rings (SSSR count). The summed E-state index contributed by atoms with van der Waals surface area (Å²) >= 11 is 5.82. The number of hydrogen-bond acceptors (Lipinski definition) is 3. The van der Waals surface area contributed by atoms with Gasteiger partial charge in [-0.25, -0.2) is 4.79 Å². The Kier molecular flexibility index (Phi) is 5.79. The minimum absolute atomic E-state index is 0.0253.